The summed E-state index contributed by atoms with van der Waals surface area (Å²) in [6, 6.07) is 5.87. The zero-order chi connectivity index (χ0) is 14.7. The van der Waals surface area contributed by atoms with E-state index in [9.17, 15) is 5.11 Å². The predicted molar refractivity (Wildman–Crippen MR) is 87.5 cm³/mol. The lowest BCUT2D eigenvalue weighted by atomic mass is 10.1. The molecular formula is C16H19BrOSi. The highest BCUT2D eigenvalue weighted by atomic mass is 79.9. The summed E-state index contributed by atoms with van der Waals surface area (Å²) < 4.78 is 0.954. The van der Waals surface area contributed by atoms with Crippen molar-refractivity contribution in [3.63, 3.8) is 0 Å². The molecule has 0 spiro atoms. The fourth-order valence-electron chi connectivity index (χ4n) is 1.22. The minimum atomic E-state index is -1.38. The third kappa shape index (κ3) is 7.23. The Kier molecular flexibility index (Phi) is 5.04. The maximum Gasteiger partial charge on any atom is 0.129 e. The van der Waals surface area contributed by atoms with Crippen LogP contribution < -0.4 is 0 Å². The van der Waals surface area contributed by atoms with Gasteiger partial charge in [0.25, 0.3) is 0 Å². The van der Waals surface area contributed by atoms with Crippen molar-refractivity contribution in [2.75, 3.05) is 0 Å². The summed E-state index contributed by atoms with van der Waals surface area (Å²) in [5.74, 6) is 9.00. The Morgan fingerprint density at radius 2 is 1.58 bits per heavy atom. The Bertz CT molecular complexity index is 533. The van der Waals surface area contributed by atoms with Crippen molar-refractivity contribution in [2.45, 2.75) is 39.1 Å². The summed E-state index contributed by atoms with van der Waals surface area (Å²) in [6.07, 6.45) is 0. The SMILES string of the molecule is CC(C)(O)C#Cc1cc(Br)cc(C#C[Si](C)(C)C)c1. The summed E-state index contributed by atoms with van der Waals surface area (Å²) in [5.41, 5.74) is 4.17. The molecule has 0 fully saturated rings. The fraction of sp³-hybridized carbons (Fsp3) is 0.375. The second-order valence-electron chi connectivity index (χ2n) is 6.04. The van der Waals surface area contributed by atoms with Crippen LogP contribution in [0.4, 0.5) is 0 Å². The highest BCUT2D eigenvalue weighted by Gasteiger charge is 2.08. The molecule has 0 heterocycles. The van der Waals surface area contributed by atoms with Crippen molar-refractivity contribution in [3.05, 3.63) is 33.8 Å². The standard InChI is InChI=1S/C16H19BrOSi/c1-16(2,18)8-6-13-10-14(12-15(17)11-13)7-9-19(3,4)5/h10-12,18H,1-5H3. The number of hydrogen-bond acceptors (Lipinski definition) is 1. The van der Waals surface area contributed by atoms with Crippen LogP contribution in [0.2, 0.25) is 19.6 Å². The Hall–Kier alpha value is -1.00. The monoisotopic (exact) mass is 334 g/mol. The molecule has 0 saturated heterocycles. The normalized spacial score (nSPS) is 11.1. The molecule has 3 heteroatoms. The smallest absolute Gasteiger partial charge is 0.129 e. The van der Waals surface area contributed by atoms with Crippen LogP contribution in [-0.4, -0.2) is 18.8 Å². The van der Waals surface area contributed by atoms with Crippen LogP contribution >= 0.6 is 15.9 Å². The van der Waals surface area contributed by atoms with Crippen molar-refractivity contribution in [1.82, 2.24) is 0 Å². The first-order valence-corrected chi connectivity index (χ1v) is 10.4. The predicted octanol–water partition coefficient (Wildman–Crippen LogP) is 3.80. The van der Waals surface area contributed by atoms with Gasteiger partial charge < -0.3 is 5.11 Å². The van der Waals surface area contributed by atoms with Gasteiger partial charge in [-0.25, -0.2) is 0 Å². The van der Waals surface area contributed by atoms with Crippen LogP contribution in [0.25, 0.3) is 0 Å². The number of aliphatic hydroxyl groups is 1. The van der Waals surface area contributed by atoms with Gasteiger partial charge in [0.1, 0.15) is 13.7 Å². The Morgan fingerprint density at radius 1 is 1.05 bits per heavy atom. The van der Waals surface area contributed by atoms with Crippen molar-refractivity contribution in [3.8, 4) is 23.3 Å². The molecule has 19 heavy (non-hydrogen) atoms. The lowest BCUT2D eigenvalue weighted by Crippen LogP contribution is -2.16. The molecule has 1 aromatic rings. The molecule has 1 N–H and O–H groups in total. The minimum Gasteiger partial charge on any atom is -0.378 e. The van der Waals surface area contributed by atoms with Crippen molar-refractivity contribution in [1.29, 1.82) is 0 Å². The first-order chi connectivity index (χ1) is 8.55. The number of hydrogen-bond donors (Lipinski definition) is 1. The van der Waals surface area contributed by atoms with Gasteiger partial charge in [0.15, 0.2) is 0 Å². The molecule has 1 nitrogen and oxygen atoms in total. The zero-order valence-electron chi connectivity index (χ0n) is 12.1. The average molecular weight is 335 g/mol. The molecule has 0 aliphatic carbocycles. The summed E-state index contributed by atoms with van der Waals surface area (Å²) in [4.78, 5) is 0. The van der Waals surface area contributed by atoms with Gasteiger partial charge in [-0.2, -0.15) is 0 Å². The lowest BCUT2D eigenvalue weighted by Gasteiger charge is -2.06. The van der Waals surface area contributed by atoms with Crippen LogP contribution in [-0.2, 0) is 0 Å². The molecule has 0 aliphatic rings. The van der Waals surface area contributed by atoms with E-state index in [-0.39, 0.29) is 0 Å². The molecule has 1 rings (SSSR count). The van der Waals surface area contributed by atoms with Crippen LogP contribution in [0, 0.1) is 23.3 Å². The molecule has 0 bridgehead atoms. The van der Waals surface area contributed by atoms with E-state index in [1.54, 1.807) is 13.8 Å². The summed E-state index contributed by atoms with van der Waals surface area (Å²) in [7, 11) is -1.38. The van der Waals surface area contributed by atoms with E-state index in [1.165, 1.54) is 0 Å². The minimum absolute atomic E-state index is 0.858. The summed E-state index contributed by atoms with van der Waals surface area (Å²) in [6.45, 7) is 9.99. The van der Waals surface area contributed by atoms with Crippen molar-refractivity contribution >= 4 is 24.0 Å². The molecule has 100 valence electrons. The Balaban J connectivity index is 3.13. The fourth-order valence-corrected chi connectivity index (χ4v) is 2.23. The molecule has 0 saturated carbocycles. The van der Waals surface area contributed by atoms with Gasteiger partial charge in [0.05, 0.1) is 0 Å². The largest absolute Gasteiger partial charge is 0.378 e. The molecule has 0 unspecified atom stereocenters. The van der Waals surface area contributed by atoms with E-state index in [0.717, 1.165) is 15.6 Å². The van der Waals surface area contributed by atoms with Gasteiger partial charge in [-0.3, -0.25) is 0 Å². The maximum absolute atomic E-state index is 9.62. The van der Waals surface area contributed by atoms with Crippen LogP contribution in [0.1, 0.15) is 25.0 Å². The van der Waals surface area contributed by atoms with Crippen LogP contribution in [0.5, 0.6) is 0 Å². The highest BCUT2D eigenvalue weighted by molar-refractivity contribution is 9.10. The summed E-state index contributed by atoms with van der Waals surface area (Å²) in [5, 5.41) is 9.62. The topological polar surface area (TPSA) is 20.2 Å². The second-order valence-corrected chi connectivity index (χ2v) is 11.7. The van der Waals surface area contributed by atoms with E-state index in [2.05, 4.69) is 58.9 Å². The second kappa shape index (κ2) is 5.97. The zero-order valence-corrected chi connectivity index (χ0v) is 14.6. The molecule has 0 atom stereocenters. The number of rotatable bonds is 0. The average Bonchev–Trinajstić information content (AvgIpc) is 2.21. The lowest BCUT2D eigenvalue weighted by molar-refractivity contribution is 0.143. The van der Waals surface area contributed by atoms with E-state index in [4.69, 9.17) is 0 Å². The van der Waals surface area contributed by atoms with Gasteiger partial charge in [-0.05, 0) is 32.0 Å². The van der Waals surface area contributed by atoms with Crippen molar-refractivity contribution < 1.29 is 5.11 Å². The molecule has 0 aliphatic heterocycles. The van der Waals surface area contributed by atoms with Gasteiger partial charge in [-0.1, -0.05) is 53.3 Å². The Labute approximate surface area is 125 Å². The van der Waals surface area contributed by atoms with Crippen LogP contribution in [0.3, 0.4) is 0 Å². The summed E-state index contributed by atoms with van der Waals surface area (Å²) >= 11 is 3.47. The Morgan fingerprint density at radius 3 is 2.05 bits per heavy atom. The highest BCUT2D eigenvalue weighted by Crippen LogP contribution is 2.15. The quantitative estimate of drug-likeness (QED) is 0.565. The number of halogens is 1. The molecule has 1 aromatic carbocycles. The molecule has 0 aromatic heterocycles. The van der Waals surface area contributed by atoms with Gasteiger partial charge in [-0.15, -0.1) is 5.54 Å². The van der Waals surface area contributed by atoms with Gasteiger partial charge in [0.2, 0.25) is 0 Å². The number of benzene rings is 1. The van der Waals surface area contributed by atoms with Gasteiger partial charge >= 0.3 is 0 Å². The third-order valence-corrected chi connectivity index (χ3v) is 3.33. The van der Waals surface area contributed by atoms with E-state index in [0.29, 0.717) is 0 Å². The molecular weight excluding hydrogens is 316 g/mol. The van der Waals surface area contributed by atoms with Crippen LogP contribution in [0.15, 0.2) is 22.7 Å². The van der Waals surface area contributed by atoms with Crippen molar-refractivity contribution in [2.24, 2.45) is 0 Å². The first kappa shape index (κ1) is 16.1. The third-order valence-electron chi connectivity index (χ3n) is 1.99. The van der Waals surface area contributed by atoms with Gasteiger partial charge in [0, 0.05) is 15.6 Å². The van der Waals surface area contributed by atoms with E-state index < -0.39 is 13.7 Å². The van der Waals surface area contributed by atoms with E-state index in [1.807, 2.05) is 18.2 Å². The maximum atomic E-state index is 9.62. The first-order valence-electron chi connectivity index (χ1n) is 6.14. The molecule has 0 amide bonds. The van der Waals surface area contributed by atoms with E-state index >= 15 is 0 Å². The molecule has 0 radical (unpaired) electrons.